The smallest absolute Gasteiger partial charge is 0.325 e. The molecule has 0 aliphatic rings. The summed E-state index contributed by atoms with van der Waals surface area (Å²) < 4.78 is 0. The summed E-state index contributed by atoms with van der Waals surface area (Å²) in [6, 6.07) is 11.1. The number of aliphatic carboxylic acids is 1. The first kappa shape index (κ1) is 26.3. The van der Waals surface area contributed by atoms with Crippen LogP contribution in [0.25, 0.3) is 0 Å². The van der Waals surface area contributed by atoms with Crippen LogP contribution in [-0.4, -0.2) is 58.1 Å². The number of carbonyl (C=O) groups is 4. The molecule has 7 N–H and O–H groups in total. The van der Waals surface area contributed by atoms with Crippen molar-refractivity contribution in [3.05, 3.63) is 65.7 Å². The highest BCUT2D eigenvalue weighted by Crippen LogP contribution is 2.11. The van der Waals surface area contributed by atoms with Crippen LogP contribution in [0.1, 0.15) is 25.0 Å². The average molecular weight is 471 g/mol. The second kappa shape index (κ2) is 12.4. The molecule has 10 nitrogen and oxygen atoms in total. The topological polar surface area (TPSA) is 171 Å². The van der Waals surface area contributed by atoms with Crippen LogP contribution in [0.4, 0.5) is 0 Å². The van der Waals surface area contributed by atoms with Crippen molar-refractivity contribution in [2.45, 2.75) is 50.9 Å². The molecule has 0 spiro atoms. The maximum absolute atomic E-state index is 12.7. The highest BCUT2D eigenvalue weighted by atomic mass is 16.4. The lowest BCUT2D eigenvalue weighted by Gasteiger charge is -2.23. The molecular formula is C24H30N4O6. The predicted molar refractivity (Wildman–Crippen MR) is 125 cm³/mol. The Labute approximate surface area is 197 Å². The number of nitrogens with two attached hydrogens (primary N) is 1. The van der Waals surface area contributed by atoms with Gasteiger partial charge in [-0.2, -0.15) is 0 Å². The molecule has 2 rings (SSSR count). The Morgan fingerprint density at radius 2 is 1.32 bits per heavy atom. The number of benzene rings is 2. The molecule has 0 saturated heterocycles. The molecule has 182 valence electrons. The molecule has 0 radical (unpaired) electrons. The third-order valence-corrected chi connectivity index (χ3v) is 5.13. The molecule has 34 heavy (non-hydrogen) atoms. The van der Waals surface area contributed by atoms with Crippen molar-refractivity contribution in [2.75, 3.05) is 0 Å². The highest BCUT2D eigenvalue weighted by molar-refractivity contribution is 5.94. The lowest BCUT2D eigenvalue weighted by Crippen LogP contribution is -2.56. The first-order chi connectivity index (χ1) is 16.1. The molecule has 4 unspecified atom stereocenters. The molecule has 0 saturated carbocycles. The Balaban J connectivity index is 2.01. The largest absolute Gasteiger partial charge is 0.508 e. The highest BCUT2D eigenvalue weighted by Gasteiger charge is 2.27. The molecule has 0 bridgehead atoms. The number of carboxylic acids is 1. The average Bonchev–Trinajstić information content (AvgIpc) is 2.80. The number of aromatic hydroxyl groups is 1. The monoisotopic (exact) mass is 470 g/mol. The second-order valence-electron chi connectivity index (χ2n) is 8.03. The molecule has 2 aromatic carbocycles. The van der Waals surface area contributed by atoms with Crippen molar-refractivity contribution in [1.29, 1.82) is 0 Å². The van der Waals surface area contributed by atoms with Crippen molar-refractivity contribution >= 4 is 23.7 Å². The summed E-state index contributed by atoms with van der Waals surface area (Å²) >= 11 is 0. The summed E-state index contributed by atoms with van der Waals surface area (Å²) in [6.45, 7) is 2.78. The van der Waals surface area contributed by atoms with Crippen LogP contribution in [-0.2, 0) is 32.0 Å². The van der Waals surface area contributed by atoms with Gasteiger partial charge in [0, 0.05) is 6.42 Å². The molecule has 2 aromatic rings. The zero-order valence-corrected chi connectivity index (χ0v) is 19.0. The van der Waals surface area contributed by atoms with Crippen molar-refractivity contribution in [3.63, 3.8) is 0 Å². The van der Waals surface area contributed by atoms with Crippen molar-refractivity contribution in [3.8, 4) is 5.75 Å². The van der Waals surface area contributed by atoms with E-state index in [4.69, 9.17) is 10.8 Å². The van der Waals surface area contributed by atoms with Crippen LogP contribution in [0.2, 0.25) is 0 Å². The van der Waals surface area contributed by atoms with Gasteiger partial charge in [-0.1, -0.05) is 42.5 Å². The third kappa shape index (κ3) is 8.21. The molecule has 0 aromatic heterocycles. The minimum absolute atomic E-state index is 0.0962. The molecule has 3 amide bonds. The van der Waals surface area contributed by atoms with Crippen LogP contribution in [0, 0.1) is 0 Å². The number of phenolic OH excluding ortho intramolecular Hbond substituents is 1. The predicted octanol–water partition coefficient (Wildman–Crippen LogP) is 0.0835. The molecule has 0 aliphatic carbocycles. The summed E-state index contributed by atoms with van der Waals surface area (Å²) in [7, 11) is 0. The van der Waals surface area contributed by atoms with Gasteiger partial charge >= 0.3 is 5.97 Å². The van der Waals surface area contributed by atoms with Gasteiger partial charge in [-0.25, -0.2) is 0 Å². The maximum Gasteiger partial charge on any atom is 0.325 e. The molecule has 0 aliphatic heterocycles. The number of hydrogen-bond acceptors (Lipinski definition) is 6. The fraction of sp³-hybridized carbons (Fsp3) is 0.333. The number of carboxylic acid groups (broad SMARTS) is 1. The van der Waals surface area contributed by atoms with Crippen LogP contribution in [0.3, 0.4) is 0 Å². The maximum atomic E-state index is 12.7. The fourth-order valence-electron chi connectivity index (χ4n) is 3.10. The lowest BCUT2D eigenvalue weighted by molar-refractivity contribution is -0.141. The van der Waals surface area contributed by atoms with E-state index in [1.165, 1.54) is 26.0 Å². The van der Waals surface area contributed by atoms with E-state index < -0.39 is 47.9 Å². The Hall–Kier alpha value is -3.92. The number of rotatable bonds is 11. The second-order valence-corrected chi connectivity index (χ2v) is 8.03. The van der Waals surface area contributed by atoms with Gasteiger partial charge in [0.1, 0.15) is 23.9 Å². The minimum atomic E-state index is -1.21. The van der Waals surface area contributed by atoms with Gasteiger partial charge in [0.25, 0.3) is 0 Å². The van der Waals surface area contributed by atoms with E-state index >= 15 is 0 Å². The number of amides is 3. The number of phenols is 1. The van der Waals surface area contributed by atoms with Gasteiger partial charge in [0.15, 0.2) is 0 Å². The zero-order chi connectivity index (χ0) is 25.3. The summed E-state index contributed by atoms with van der Waals surface area (Å²) in [6.07, 6.45) is 0.332. The van der Waals surface area contributed by atoms with Crippen molar-refractivity contribution in [2.24, 2.45) is 5.73 Å². The van der Waals surface area contributed by atoms with Gasteiger partial charge in [0.2, 0.25) is 17.7 Å². The van der Waals surface area contributed by atoms with Crippen molar-refractivity contribution < 1.29 is 29.4 Å². The number of nitrogens with one attached hydrogen (secondary N) is 3. The molecule has 4 atom stereocenters. The third-order valence-electron chi connectivity index (χ3n) is 5.13. The normalized spacial score (nSPS) is 14.2. The van der Waals surface area contributed by atoms with E-state index in [0.29, 0.717) is 0 Å². The quantitative estimate of drug-likeness (QED) is 0.270. The van der Waals surface area contributed by atoms with Crippen LogP contribution < -0.4 is 21.7 Å². The van der Waals surface area contributed by atoms with E-state index in [2.05, 4.69) is 16.0 Å². The van der Waals surface area contributed by atoms with Gasteiger partial charge in [-0.05, 0) is 43.5 Å². The summed E-state index contributed by atoms with van der Waals surface area (Å²) in [4.78, 5) is 49.0. The molecular weight excluding hydrogens is 440 g/mol. The van der Waals surface area contributed by atoms with Crippen molar-refractivity contribution in [1.82, 2.24) is 16.0 Å². The minimum Gasteiger partial charge on any atom is -0.508 e. The van der Waals surface area contributed by atoms with E-state index in [1.807, 2.05) is 6.07 Å². The summed E-state index contributed by atoms with van der Waals surface area (Å²) in [5.41, 5.74) is 7.45. The van der Waals surface area contributed by atoms with E-state index in [9.17, 15) is 24.3 Å². The van der Waals surface area contributed by atoms with E-state index in [0.717, 1.165) is 11.1 Å². The Morgan fingerprint density at radius 1 is 0.765 bits per heavy atom. The first-order valence-corrected chi connectivity index (χ1v) is 10.8. The van der Waals surface area contributed by atoms with Gasteiger partial charge in [-0.15, -0.1) is 0 Å². The Kier molecular flexibility index (Phi) is 9.57. The van der Waals surface area contributed by atoms with E-state index in [1.54, 1.807) is 36.4 Å². The van der Waals surface area contributed by atoms with E-state index in [-0.39, 0.29) is 18.6 Å². The SMILES string of the molecule is CC(NC(=O)C(Cc1ccccc1)NC(=O)C(C)NC(=O)C(N)Cc1ccc(O)cc1)C(=O)O. The standard InChI is InChI=1S/C24H30N4O6/c1-14(26-22(31)19(25)12-17-8-10-18(29)11-9-17)21(30)28-20(13-16-6-4-3-5-7-16)23(32)27-15(2)24(33)34/h3-11,14-15,19-20,29H,12-13,25H2,1-2H3,(H,26,31)(H,27,32)(H,28,30)(H,33,34). The Morgan fingerprint density at radius 3 is 1.91 bits per heavy atom. The van der Waals surface area contributed by atoms with Gasteiger partial charge in [-0.3, -0.25) is 19.2 Å². The van der Waals surface area contributed by atoms with Crippen LogP contribution >= 0.6 is 0 Å². The number of hydrogen-bond donors (Lipinski definition) is 6. The zero-order valence-electron chi connectivity index (χ0n) is 19.0. The Bertz CT molecular complexity index is 996. The number of carbonyl (C=O) groups excluding carboxylic acids is 3. The molecule has 0 heterocycles. The molecule has 0 fully saturated rings. The molecule has 10 heteroatoms. The lowest BCUT2D eigenvalue weighted by atomic mass is 10.0. The van der Waals surface area contributed by atoms with Gasteiger partial charge < -0.3 is 31.9 Å². The summed E-state index contributed by atoms with van der Waals surface area (Å²) in [5, 5.41) is 25.9. The van der Waals surface area contributed by atoms with Crippen LogP contribution in [0.15, 0.2) is 54.6 Å². The van der Waals surface area contributed by atoms with Crippen LogP contribution in [0.5, 0.6) is 5.75 Å². The first-order valence-electron chi connectivity index (χ1n) is 10.8. The van der Waals surface area contributed by atoms with Gasteiger partial charge in [0.05, 0.1) is 6.04 Å². The fourth-order valence-corrected chi connectivity index (χ4v) is 3.10. The summed E-state index contributed by atoms with van der Waals surface area (Å²) in [5.74, 6) is -2.95.